The third kappa shape index (κ3) is 1.81. The molecular weight excluding hydrogens is 202 g/mol. The lowest BCUT2D eigenvalue weighted by atomic mass is 10.0. The second kappa shape index (κ2) is 3.53. The molecule has 1 heterocycles. The standard InChI is InChI=1S/C13H17NS/c1-8-5-9(2)13-11(6-8)12(7-15-13)14-10-3-4-10/h5-6,10,12,14H,3-4,7H2,1-2H3. The molecule has 2 aliphatic rings. The Morgan fingerprint density at radius 1 is 1.27 bits per heavy atom. The zero-order valence-corrected chi connectivity index (χ0v) is 10.2. The highest BCUT2D eigenvalue weighted by Crippen LogP contribution is 2.42. The van der Waals surface area contributed by atoms with E-state index in [9.17, 15) is 0 Å². The summed E-state index contributed by atoms with van der Waals surface area (Å²) >= 11 is 2.02. The van der Waals surface area contributed by atoms with Crippen LogP contribution in [-0.2, 0) is 0 Å². The summed E-state index contributed by atoms with van der Waals surface area (Å²) in [5.41, 5.74) is 4.40. The van der Waals surface area contributed by atoms with Gasteiger partial charge >= 0.3 is 0 Å². The van der Waals surface area contributed by atoms with Gasteiger partial charge in [0, 0.05) is 22.7 Å². The van der Waals surface area contributed by atoms with Gasteiger partial charge in [-0.15, -0.1) is 11.8 Å². The van der Waals surface area contributed by atoms with Crippen molar-refractivity contribution in [2.24, 2.45) is 0 Å². The minimum absolute atomic E-state index is 0.607. The first-order valence-electron chi connectivity index (χ1n) is 5.74. The molecule has 1 nitrogen and oxygen atoms in total. The monoisotopic (exact) mass is 219 g/mol. The van der Waals surface area contributed by atoms with Crippen molar-refractivity contribution in [3.63, 3.8) is 0 Å². The van der Waals surface area contributed by atoms with Crippen LogP contribution in [0.5, 0.6) is 0 Å². The number of fused-ring (bicyclic) bond motifs is 1. The van der Waals surface area contributed by atoms with E-state index in [0.29, 0.717) is 6.04 Å². The average Bonchev–Trinajstić information content (AvgIpc) is 2.89. The zero-order valence-electron chi connectivity index (χ0n) is 9.34. The molecule has 1 aliphatic heterocycles. The molecule has 1 aliphatic carbocycles. The normalized spacial score (nSPS) is 24.3. The molecule has 0 spiro atoms. The first-order chi connectivity index (χ1) is 7.24. The molecule has 2 heteroatoms. The van der Waals surface area contributed by atoms with Gasteiger partial charge in [-0.1, -0.05) is 17.7 Å². The van der Waals surface area contributed by atoms with Gasteiger partial charge in [0.1, 0.15) is 0 Å². The van der Waals surface area contributed by atoms with E-state index < -0.39 is 0 Å². The number of nitrogens with one attached hydrogen (secondary N) is 1. The summed E-state index contributed by atoms with van der Waals surface area (Å²) in [7, 11) is 0. The number of hydrogen-bond acceptors (Lipinski definition) is 2. The van der Waals surface area contributed by atoms with Gasteiger partial charge in [-0.05, 0) is 37.8 Å². The van der Waals surface area contributed by atoms with E-state index in [1.54, 1.807) is 5.56 Å². The van der Waals surface area contributed by atoms with Gasteiger partial charge in [-0.3, -0.25) is 0 Å². The van der Waals surface area contributed by atoms with E-state index in [4.69, 9.17) is 0 Å². The number of aryl methyl sites for hydroxylation is 2. The Kier molecular flexibility index (Phi) is 2.29. The maximum Gasteiger partial charge on any atom is 0.0428 e. The molecule has 1 N–H and O–H groups in total. The Morgan fingerprint density at radius 3 is 2.80 bits per heavy atom. The highest BCUT2D eigenvalue weighted by molar-refractivity contribution is 7.99. The predicted molar refractivity (Wildman–Crippen MR) is 65.5 cm³/mol. The van der Waals surface area contributed by atoms with Crippen molar-refractivity contribution in [2.75, 3.05) is 5.75 Å². The van der Waals surface area contributed by atoms with Gasteiger partial charge < -0.3 is 5.32 Å². The van der Waals surface area contributed by atoms with E-state index in [1.807, 2.05) is 11.8 Å². The molecule has 0 radical (unpaired) electrons. The predicted octanol–water partition coefficient (Wildman–Crippen LogP) is 3.20. The first kappa shape index (κ1) is 9.73. The lowest BCUT2D eigenvalue weighted by Gasteiger charge is -2.13. The first-order valence-corrected chi connectivity index (χ1v) is 6.72. The fraction of sp³-hybridized carbons (Fsp3) is 0.538. The van der Waals surface area contributed by atoms with Crippen LogP contribution in [0.25, 0.3) is 0 Å². The number of hydrogen-bond donors (Lipinski definition) is 1. The maximum atomic E-state index is 3.74. The van der Waals surface area contributed by atoms with E-state index in [-0.39, 0.29) is 0 Å². The van der Waals surface area contributed by atoms with Crippen LogP contribution in [0.1, 0.15) is 35.6 Å². The number of rotatable bonds is 2. The van der Waals surface area contributed by atoms with E-state index in [2.05, 4.69) is 31.3 Å². The molecular formula is C13H17NS. The second-order valence-electron chi connectivity index (χ2n) is 4.80. The highest BCUT2D eigenvalue weighted by Gasteiger charge is 2.30. The van der Waals surface area contributed by atoms with Crippen LogP contribution < -0.4 is 5.32 Å². The van der Waals surface area contributed by atoms with Crippen molar-refractivity contribution >= 4 is 11.8 Å². The Morgan fingerprint density at radius 2 is 2.07 bits per heavy atom. The van der Waals surface area contributed by atoms with Crippen LogP contribution in [0.3, 0.4) is 0 Å². The molecule has 0 aromatic heterocycles. The van der Waals surface area contributed by atoms with E-state index in [1.165, 1.54) is 34.6 Å². The van der Waals surface area contributed by atoms with Crippen LogP contribution in [-0.4, -0.2) is 11.8 Å². The summed E-state index contributed by atoms with van der Waals surface area (Å²) in [6.07, 6.45) is 2.75. The molecule has 80 valence electrons. The largest absolute Gasteiger partial charge is 0.306 e. The van der Waals surface area contributed by atoms with Crippen LogP contribution in [0.15, 0.2) is 17.0 Å². The van der Waals surface area contributed by atoms with Crippen molar-refractivity contribution in [3.05, 3.63) is 28.8 Å². The SMILES string of the molecule is Cc1cc(C)c2c(c1)C(NC1CC1)CS2. The summed E-state index contributed by atoms with van der Waals surface area (Å²) in [6, 6.07) is 6.08. The summed E-state index contributed by atoms with van der Waals surface area (Å²) in [4.78, 5) is 1.53. The molecule has 0 bridgehead atoms. The summed E-state index contributed by atoms with van der Waals surface area (Å²) in [6.45, 7) is 4.43. The number of thioether (sulfide) groups is 1. The van der Waals surface area contributed by atoms with Gasteiger partial charge in [-0.2, -0.15) is 0 Å². The average molecular weight is 219 g/mol. The zero-order chi connectivity index (χ0) is 10.4. The van der Waals surface area contributed by atoms with Gasteiger partial charge in [0.15, 0.2) is 0 Å². The summed E-state index contributed by atoms with van der Waals surface area (Å²) < 4.78 is 0. The smallest absolute Gasteiger partial charge is 0.0428 e. The lowest BCUT2D eigenvalue weighted by Crippen LogP contribution is -2.23. The van der Waals surface area contributed by atoms with E-state index in [0.717, 1.165) is 6.04 Å². The lowest BCUT2D eigenvalue weighted by molar-refractivity contribution is 0.579. The fourth-order valence-corrected chi connectivity index (χ4v) is 3.64. The maximum absolute atomic E-state index is 3.74. The van der Waals surface area contributed by atoms with Crippen LogP contribution in [0, 0.1) is 13.8 Å². The highest BCUT2D eigenvalue weighted by atomic mass is 32.2. The molecule has 0 saturated heterocycles. The fourth-order valence-electron chi connectivity index (χ4n) is 2.37. The van der Waals surface area contributed by atoms with Crippen LogP contribution in [0.4, 0.5) is 0 Å². The molecule has 15 heavy (non-hydrogen) atoms. The number of benzene rings is 1. The summed E-state index contributed by atoms with van der Waals surface area (Å²) in [5, 5.41) is 3.74. The summed E-state index contributed by atoms with van der Waals surface area (Å²) in [5.74, 6) is 1.22. The minimum atomic E-state index is 0.607. The van der Waals surface area contributed by atoms with Gasteiger partial charge in [0.05, 0.1) is 0 Å². The van der Waals surface area contributed by atoms with Gasteiger partial charge in [0.2, 0.25) is 0 Å². The Labute approximate surface area is 95.6 Å². The Balaban J connectivity index is 1.93. The van der Waals surface area contributed by atoms with Crippen molar-refractivity contribution in [2.45, 2.75) is 43.7 Å². The van der Waals surface area contributed by atoms with Gasteiger partial charge in [0.25, 0.3) is 0 Å². The third-order valence-corrected chi connectivity index (χ3v) is 4.58. The van der Waals surface area contributed by atoms with Crippen molar-refractivity contribution in [1.29, 1.82) is 0 Å². The van der Waals surface area contributed by atoms with Crippen molar-refractivity contribution in [3.8, 4) is 0 Å². The van der Waals surface area contributed by atoms with Gasteiger partial charge in [-0.25, -0.2) is 0 Å². The second-order valence-corrected chi connectivity index (χ2v) is 5.83. The Hall–Kier alpha value is -0.470. The van der Waals surface area contributed by atoms with Crippen LogP contribution >= 0.6 is 11.8 Å². The minimum Gasteiger partial charge on any atom is -0.306 e. The third-order valence-electron chi connectivity index (χ3n) is 3.23. The molecule has 3 rings (SSSR count). The quantitative estimate of drug-likeness (QED) is 0.819. The molecule has 1 aromatic rings. The van der Waals surface area contributed by atoms with E-state index >= 15 is 0 Å². The molecule has 1 fully saturated rings. The van der Waals surface area contributed by atoms with Crippen LogP contribution in [0.2, 0.25) is 0 Å². The topological polar surface area (TPSA) is 12.0 Å². The molecule has 1 atom stereocenters. The van der Waals surface area contributed by atoms with Crippen molar-refractivity contribution < 1.29 is 0 Å². The molecule has 1 aromatic carbocycles. The molecule has 1 unspecified atom stereocenters. The molecule has 1 saturated carbocycles. The van der Waals surface area contributed by atoms with Crippen molar-refractivity contribution in [1.82, 2.24) is 5.32 Å². The Bertz CT molecular complexity index is 396. The molecule has 0 amide bonds.